The minimum absolute atomic E-state index is 0.242. The summed E-state index contributed by atoms with van der Waals surface area (Å²) in [5.41, 5.74) is 8.61. The quantitative estimate of drug-likeness (QED) is 0.554. The normalized spacial score (nSPS) is 12.6. The second-order valence-electron chi connectivity index (χ2n) is 5.97. The van der Waals surface area contributed by atoms with Crippen LogP contribution in [0.4, 0.5) is 0 Å². The lowest BCUT2D eigenvalue weighted by Crippen LogP contribution is -2.22. The van der Waals surface area contributed by atoms with Gasteiger partial charge in [0.05, 0.1) is 0 Å². The van der Waals surface area contributed by atoms with Gasteiger partial charge in [-0.05, 0) is 37.0 Å². The summed E-state index contributed by atoms with van der Waals surface area (Å²) in [6.45, 7) is 4.32. The summed E-state index contributed by atoms with van der Waals surface area (Å²) in [7, 11) is 0. The highest BCUT2D eigenvalue weighted by Gasteiger charge is 2.07. The Morgan fingerprint density at radius 2 is 1.70 bits per heavy atom. The standard InChI is InChI=1S/C18H30ClN/c1-3-4-5-6-7-8-9-10-17(20)14-16-12-11-15(2)13-18(16)19/h11-13,17H,3-10,14,20H2,1-2H3. The number of halogens is 1. The van der Waals surface area contributed by atoms with Crippen LogP contribution in [0.1, 0.15) is 69.4 Å². The number of unbranched alkanes of at least 4 members (excludes halogenated alkanes) is 6. The van der Waals surface area contributed by atoms with Gasteiger partial charge < -0.3 is 5.73 Å². The molecular formula is C18H30ClN. The molecule has 1 unspecified atom stereocenters. The lowest BCUT2D eigenvalue weighted by molar-refractivity contribution is 0.528. The van der Waals surface area contributed by atoms with E-state index >= 15 is 0 Å². The zero-order valence-corrected chi connectivity index (χ0v) is 13.9. The second-order valence-corrected chi connectivity index (χ2v) is 6.38. The van der Waals surface area contributed by atoms with Crippen molar-refractivity contribution in [2.24, 2.45) is 5.73 Å². The van der Waals surface area contributed by atoms with Gasteiger partial charge in [0.1, 0.15) is 0 Å². The van der Waals surface area contributed by atoms with E-state index in [1.165, 1.54) is 56.1 Å². The maximum atomic E-state index is 6.25. The van der Waals surface area contributed by atoms with Gasteiger partial charge in [-0.1, -0.05) is 75.6 Å². The monoisotopic (exact) mass is 295 g/mol. The highest BCUT2D eigenvalue weighted by Crippen LogP contribution is 2.20. The van der Waals surface area contributed by atoms with Crippen LogP contribution < -0.4 is 5.73 Å². The molecule has 2 N–H and O–H groups in total. The van der Waals surface area contributed by atoms with Crippen molar-refractivity contribution in [3.8, 4) is 0 Å². The molecule has 0 radical (unpaired) electrons. The highest BCUT2D eigenvalue weighted by molar-refractivity contribution is 6.31. The first-order valence-corrected chi connectivity index (χ1v) is 8.52. The maximum Gasteiger partial charge on any atom is 0.0441 e. The van der Waals surface area contributed by atoms with Crippen LogP contribution in [0.2, 0.25) is 5.02 Å². The molecule has 114 valence electrons. The number of nitrogens with two attached hydrogens (primary N) is 1. The summed E-state index contributed by atoms with van der Waals surface area (Å²) in [4.78, 5) is 0. The number of hydrogen-bond acceptors (Lipinski definition) is 1. The van der Waals surface area contributed by atoms with Gasteiger partial charge in [0.15, 0.2) is 0 Å². The molecule has 0 saturated heterocycles. The zero-order valence-electron chi connectivity index (χ0n) is 13.1. The predicted molar refractivity (Wildman–Crippen MR) is 90.5 cm³/mol. The van der Waals surface area contributed by atoms with Gasteiger partial charge in [0, 0.05) is 11.1 Å². The second kappa shape index (κ2) is 10.2. The van der Waals surface area contributed by atoms with Crippen LogP contribution in [0.25, 0.3) is 0 Å². The fraction of sp³-hybridized carbons (Fsp3) is 0.667. The molecule has 0 bridgehead atoms. The Kier molecular flexibility index (Phi) is 8.97. The van der Waals surface area contributed by atoms with Gasteiger partial charge in [-0.3, -0.25) is 0 Å². The molecule has 2 heteroatoms. The third-order valence-corrected chi connectivity index (χ3v) is 4.22. The minimum Gasteiger partial charge on any atom is -0.327 e. The Hall–Kier alpha value is -0.530. The van der Waals surface area contributed by atoms with Gasteiger partial charge in [0.2, 0.25) is 0 Å². The smallest absolute Gasteiger partial charge is 0.0441 e. The van der Waals surface area contributed by atoms with Crippen molar-refractivity contribution in [1.29, 1.82) is 0 Å². The fourth-order valence-electron chi connectivity index (χ4n) is 2.57. The van der Waals surface area contributed by atoms with Crippen LogP contribution in [0, 0.1) is 6.92 Å². The average Bonchev–Trinajstić information content (AvgIpc) is 2.41. The Balaban J connectivity index is 2.15. The van der Waals surface area contributed by atoms with E-state index < -0.39 is 0 Å². The molecule has 1 aromatic carbocycles. The molecule has 0 fully saturated rings. The van der Waals surface area contributed by atoms with Crippen molar-refractivity contribution < 1.29 is 0 Å². The minimum atomic E-state index is 0.242. The van der Waals surface area contributed by atoms with Crippen molar-refractivity contribution in [1.82, 2.24) is 0 Å². The maximum absolute atomic E-state index is 6.25. The van der Waals surface area contributed by atoms with E-state index in [0.29, 0.717) is 0 Å². The topological polar surface area (TPSA) is 26.0 Å². The molecule has 0 aliphatic rings. The lowest BCUT2D eigenvalue weighted by Gasteiger charge is -2.13. The van der Waals surface area contributed by atoms with E-state index in [2.05, 4.69) is 26.0 Å². The SMILES string of the molecule is CCCCCCCCCC(N)Cc1ccc(C)cc1Cl. The molecule has 20 heavy (non-hydrogen) atoms. The third kappa shape index (κ3) is 7.31. The number of benzene rings is 1. The molecule has 1 rings (SSSR count). The van der Waals surface area contributed by atoms with E-state index in [1.54, 1.807) is 0 Å². The molecule has 0 aliphatic heterocycles. The van der Waals surface area contributed by atoms with E-state index in [9.17, 15) is 0 Å². The first kappa shape index (κ1) is 17.5. The summed E-state index contributed by atoms with van der Waals surface area (Å²) < 4.78 is 0. The lowest BCUT2D eigenvalue weighted by atomic mass is 9.99. The molecule has 0 aliphatic carbocycles. The molecule has 1 atom stereocenters. The Bertz CT molecular complexity index is 376. The molecule has 0 amide bonds. The molecule has 0 spiro atoms. The first-order valence-electron chi connectivity index (χ1n) is 8.14. The highest BCUT2D eigenvalue weighted by atomic mass is 35.5. The number of aryl methyl sites for hydroxylation is 1. The van der Waals surface area contributed by atoms with E-state index in [0.717, 1.165) is 17.9 Å². The number of hydrogen-bond donors (Lipinski definition) is 1. The summed E-state index contributed by atoms with van der Waals surface area (Å²) >= 11 is 6.25. The Morgan fingerprint density at radius 1 is 1.05 bits per heavy atom. The largest absolute Gasteiger partial charge is 0.327 e. The van der Waals surface area contributed by atoms with Crippen molar-refractivity contribution in [3.63, 3.8) is 0 Å². The van der Waals surface area contributed by atoms with Crippen molar-refractivity contribution in [2.75, 3.05) is 0 Å². The van der Waals surface area contributed by atoms with Gasteiger partial charge in [0.25, 0.3) is 0 Å². The number of rotatable bonds is 10. The molecule has 0 saturated carbocycles. The van der Waals surface area contributed by atoms with Crippen LogP contribution >= 0.6 is 11.6 Å². The third-order valence-electron chi connectivity index (χ3n) is 3.87. The molecule has 1 aromatic rings. The molecule has 0 heterocycles. The van der Waals surface area contributed by atoms with Crippen LogP contribution in [0.3, 0.4) is 0 Å². The summed E-state index contributed by atoms with van der Waals surface area (Å²) in [6, 6.07) is 6.49. The van der Waals surface area contributed by atoms with Crippen molar-refractivity contribution in [2.45, 2.75) is 77.7 Å². The zero-order chi connectivity index (χ0) is 14.8. The van der Waals surface area contributed by atoms with E-state index in [-0.39, 0.29) is 6.04 Å². The van der Waals surface area contributed by atoms with Crippen molar-refractivity contribution in [3.05, 3.63) is 34.3 Å². The predicted octanol–water partition coefficient (Wildman–Crippen LogP) is 5.66. The summed E-state index contributed by atoms with van der Waals surface area (Å²) in [6.07, 6.45) is 11.4. The van der Waals surface area contributed by atoms with E-state index in [1.807, 2.05) is 6.07 Å². The first-order chi connectivity index (χ1) is 9.63. The van der Waals surface area contributed by atoms with Crippen LogP contribution in [-0.4, -0.2) is 6.04 Å². The summed E-state index contributed by atoms with van der Waals surface area (Å²) in [5.74, 6) is 0. The fourth-order valence-corrected chi connectivity index (χ4v) is 2.88. The van der Waals surface area contributed by atoms with Crippen LogP contribution in [0.15, 0.2) is 18.2 Å². The Morgan fingerprint density at radius 3 is 2.35 bits per heavy atom. The van der Waals surface area contributed by atoms with Gasteiger partial charge in [-0.25, -0.2) is 0 Å². The van der Waals surface area contributed by atoms with Gasteiger partial charge in [-0.2, -0.15) is 0 Å². The summed E-state index contributed by atoms with van der Waals surface area (Å²) in [5, 5.41) is 0.861. The van der Waals surface area contributed by atoms with Crippen LogP contribution in [0.5, 0.6) is 0 Å². The molecule has 1 nitrogen and oxygen atoms in total. The Labute approximate surface area is 129 Å². The average molecular weight is 296 g/mol. The van der Waals surface area contributed by atoms with E-state index in [4.69, 9.17) is 17.3 Å². The van der Waals surface area contributed by atoms with Gasteiger partial charge >= 0.3 is 0 Å². The van der Waals surface area contributed by atoms with Crippen LogP contribution in [-0.2, 0) is 6.42 Å². The molecule has 0 aromatic heterocycles. The van der Waals surface area contributed by atoms with Gasteiger partial charge in [-0.15, -0.1) is 0 Å². The molecular weight excluding hydrogens is 266 g/mol. The van der Waals surface area contributed by atoms with Crippen molar-refractivity contribution >= 4 is 11.6 Å².